The molecule has 0 amide bonds. The van der Waals surface area contributed by atoms with Crippen molar-refractivity contribution in [3.63, 3.8) is 0 Å². The van der Waals surface area contributed by atoms with E-state index in [1.807, 2.05) is 49.4 Å². The molecule has 0 aliphatic carbocycles. The zero-order valence-corrected chi connectivity index (χ0v) is 15.1. The number of amidine groups is 1. The van der Waals surface area contributed by atoms with Crippen LogP contribution in [0.15, 0.2) is 59.7 Å². The number of ether oxygens (including phenoxy) is 1. The van der Waals surface area contributed by atoms with E-state index in [0.717, 1.165) is 27.8 Å². The maximum Gasteiger partial charge on any atom is 0.121 e. The van der Waals surface area contributed by atoms with Crippen LogP contribution in [0.5, 0.6) is 0 Å². The Balaban J connectivity index is 1.69. The third kappa shape index (κ3) is 3.23. The molecule has 6 heteroatoms. The highest BCUT2D eigenvalue weighted by atomic mass is 35.5. The molecule has 1 aromatic heterocycles. The average Bonchev–Trinajstić information content (AvgIpc) is 2.62. The van der Waals surface area contributed by atoms with Gasteiger partial charge in [0, 0.05) is 17.3 Å². The fourth-order valence-corrected chi connectivity index (χ4v) is 3.37. The number of nitrogens with zero attached hydrogens (tertiary/aromatic N) is 2. The second kappa shape index (κ2) is 6.59. The lowest BCUT2D eigenvalue weighted by Crippen LogP contribution is -2.37. The van der Waals surface area contributed by atoms with Gasteiger partial charge in [-0.3, -0.25) is 9.98 Å². The Morgan fingerprint density at radius 1 is 1.19 bits per heavy atom. The third-order valence-corrected chi connectivity index (χ3v) is 4.67. The van der Waals surface area contributed by atoms with E-state index in [-0.39, 0.29) is 0 Å². The van der Waals surface area contributed by atoms with Crippen molar-refractivity contribution in [3.05, 3.63) is 65.3 Å². The molecule has 2 heterocycles. The molecule has 0 bridgehead atoms. The van der Waals surface area contributed by atoms with Crippen LogP contribution in [0.2, 0.25) is 5.02 Å². The minimum atomic E-state index is -0.482. The number of halogens is 1. The number of pyridine rings is 1. The van der Waals surface area contributed by atoms with Gasteiger partial charge in [-0.1, -0.05) is 35.9 Å². The first-order valence-corrected chi connectivity index (χ1v) is 8.75. The molecule has 1 unspecified atom stereocenters. The molecular formula is C20H19ClN4O. The second-order valence-corrected chi connectivity index (χ2v) is 7.04. The van der Waals surface area contributed by atoms with Gasteiger partial charge in [0.1, 0.15) is 18.0 Å². The van der Waals surface area contributed by atoms with Crippen LogP contribution in [0.4, 0.5) is 11.4 Å². The summed E-state index contributed by atoms with van der Waals surface area (Å²) in [4.78, 5) is 9.07. The van der Waals surface area contributed by atoms with Crippen molar-refractivity contribution in [2.24, 2.45) is 10.7 Å². The Morgan fingerprint density at radius 2 is 2.04 bits per heavy atom. The summed E-state index contributed by atoms with van der Waals surface area (Å²) in [5, 5.41) is 5.06. The van der Waals surface area contributed by atoms with E-state index in [1.165, 1.54) is 0 Å². The van der Waals surface area contributed by atoms with Crippen molar-refractivity contribution in [2.45, 2.75) is 12.5 Å². The summed E-state index contributed by atoms with van der Waals surface area (Å²) in [5.74, 6) is 0.521. The monoisotopic (exact) mass is 366 g/mol. The fraction of sp³-hybridized carbons (Fsp3) is 0.200. The molecule has 5 nitrogen and oxygen atoms in total. The standard InChI is InChI=1S/C20H19ClN4O/c1-20(12-26-11-18(22)25-20)14-5-3-6-16(9-14)24-17-7-2-4-13-8-15(21)10-23-19(13)17/h2-10,24H,11-12H2,1H3,(H2,22,25). The summed E-state index contributed by atoms with van der Waals surface area (Å²) < 4.78 is 5.58. The minimum Gasteiger partial charge on any atom is -0.386 e. The van der Waals surface area contributed by atoms with Crippen molar-refractivity contribution in [3.8, 4) is 0 Å². The van der Waals surface area contributed by atoms with Gasteiger partial charge in [0.2, 0.25) is 0 Å². The Morgan fingerprint density at radius 3 is 2.88 bits per heavy atom. The predicted molar refractivity (Wildman–Crippen MR) is 106 cm³/mol. The zero-order chi connectivity index (χ0) is 18.1. The molecule has 0 spiro atoms. The van der Waals surface area contributed by atoms with Crippen LogP contribution in [-0.2, 0) is 10.3 Å². The Labute approximate surface area is 156 Å². The van der Waals surface area contributed by atoms with E-state index in [2.05, 4.69) is 21.4 Å². The van der Waals surface area contributed by atoms with Gasteiger partial charge in [-0.2, -0.15) is 0 Å². The number of benzene rings is 2. The van der Waals surface area contributed by atoms with Crippen molar-refractivity contribution in [2.75, 3.05) is 18.5 Å². The van der Waals surface area contributed by atoms with Gasteiger partial charge < -0.3 is 15.8 Å². The van der Waals surface area contributed by atoms with Crippen LogP contribution in [-0.4, -0.2) is 24.0 Å². The summed E-state index contributed by atoms with van der Waals surface area (Å²) in [6.07, 6.45) is 1.66. The molecule has 3 N–H and O–H groups in total. The number of aliphatic imine (C=N–C) groups is 1. The SMILES string of the molecule is CC1(c2cccc(Nc3cccc4cc(Cl)cnc34)c2)COCC(N)=N1. The van der Waals surface area contributed by atoms with E-state index >= 15 is 0 Å². The van der Waals surface area contributed by atoms with Crippen LogP contribution in [0.25, 0.3) is 10.9 Å². The van der Waals surface area contributed by atoms with Gasteiger partial charge in [0.05, 0.1) is 22.8 Å². The van der Waals surface area contributed by atoms with Gasteiger partial charge in [0.25, 0.3) is 0 Å². The number of para-hydroxylation sites is 1. The van der Waals surface area contributed by atoms with Crippen molar-refractivity contribution in [1.82, 2.24) is 4.98 Å². The molecule has 132 valence electrons. The molecule has 1 aliphatic rings. The van der Waals surface area contributed by atoms with Gasteiger partial charge in [-0.15, -0.1) is 0 Å². The number of hydrogen-bond donors (Lipinski definition) is 2. The van der Waals surface area contributed by atoms with E-state index in [4.69, 9.17) is 22.1 Å². The second-order valence-electron chi connectivity index (χ2n) is 6.61. The maximum atomic E-state index is 6.05. The number of hydrogen-bond acceptors (Lipinski definition) is 5. The normalized spacial score (nSPS) is 20.0. The lowest BCUT2D eigenvalue weighted by atomic mass is 9.92. The molecule has 0 radical (unpaired) electrons. The summed E-state index contributed by atoms with van der Waals surface area (Å²) in [5.41, 5.74) is 9.18. The van der Waals surface area contributed by atoms with Gasteiger partial charge in [-0.25, -0.2) is 0 Å². The number of anilines is 2. The lowest BCUT2D eigenvalue weighted by molar-refractivity contribution is 0.106. The molecule has 2 aromatic carbocycles. The van der Waals surface area contributed by atoms with Crippen molar-refractivity contribution in [1.29, 1.82) is 0 Å². The Bertz CT molecular complexity index is 1000. The number of nitrogens with one attached hydrogen (secondary N) is 1. The van der Waals surface area contributed by atoms with Crippen LogP contribution in [0.3, 0.4) is 0 Å². The summed E-state index contributed by atoms with van der Waals surface area (Å²) >= 11 is 6.05. The van der Waals surface area contributed by atoms with E-state index in [9.17, 15) is 0 Å². The molecule has 0 fully saturated rings. The highest BCUT2D eigenvalue weighted by molar-refractivity contribution is 6.31. The number of rotatable bonds is 3. The van der Waals surface area contributed by atoms with E-state index < -0.39 is 5.54 Å². The van der Waals surface area contributed by atoms with Crippen molar-refractivity contribution >= 4 is 39.7 Å². The Hall–Kier alpha value is -2.63. The number of aromatic nitrogens is 1. The molecule has 4 rings (SSSR count). The summed E-state index contributed by atoms with van der Waals surface area (Å²) in [6, 6.07) is 16.0. The van der Waals surface area contributed by atoms with Gasteiger partial charge in [0.15, 0.2) is 0 Å². The minimum absolute atomic E-state index is 0.387. The first-order valence-electron chi connectivity index (χ1n) is 8.37. The van der Waals surface area contributed by atoms with Gasteiger partial charge in [-0.05, 0) is 36.8 Å². The molecule has 0 saturated carbocycles. The third-order valence-electron chi connectivity index (χ3n) is 4.46. The van der Waals surface area contributed by atoms with Crippen LogP contribution in [0, 0.1) is 0 Å². The molecule has 3 aromatic rings. The summed E-state index contributed by atoms with van der Waals surface area (Å²) in [7, 11) is 0. The fourth-order valence-electron chi connectivity index (χ4n) is 3.21. The highest BCUT2D eigenvalue weighted by Gasteiger charge is 2.30. The van der Waals surface area contributed by atoms with E-state index in [1.54, 1.807) is 6.20 Å². The average molecular weight is 367 g/mol. The largest absolute Gasteiger partial charge is 0.386 e. The number of nitrogens with two attached hydrogens (primary N) is 1. The lowest BCUT2D eigenvalue weighted by Gasteiger charge is -2.30. The first kappa shape index (κ1) is 16.8. The summed E-state index contributed by atoms with van der Waals surface area (Å²) in [6.45, 7) is 2.92. The topological polar surface area (TPSA) is 72.5 Å². The van der Waals surface area contributed by atoms with E-state index in [0.29, 0.717) is 24.1 Å². The quantitative estimate of drug-likeness (QED) is 0.727. The predicted octanol–water partition coefficient (Wildman–Crippen LogP) is 4.23. The smallest absolute Gasteiger partial charge is 0.121 e. The number of fused-ring (bicyclic) bond motifs is 1. The van der Waals surface area contributed by atoms with Crippen LogP contribution >= 0.6 is 11.6 Å². The molecule has 26 heavy (non-hydrogen) atoms. The molecule has 1 atom stereocenters. The molecule has 1 aliphatic heterocycles. The zero-order valence-electron chi connectivity index (χ0n) is 14.4. The maximum absolute atomic E-state index is 6.05. The molecular weight excluding hydrogens is 348 g/mol. The Kier molecular flexibility index (Phi) is 4.26. The van der Waals surface area contributed by atoms with Gasteiger partial charge >= 0.3 is 0 Å². The van der Waals surface area contributed by atoms with Crippen LogP contribution in [0.1, 0.15) is 12.5 Å². The van der Waals surface area contributed by atoms with Crippen molar-refractivity contribution < 1.29 is 4.74 Å². The molecule has 0 saturated heterocycles. The highest BCUT2D eigenvalue weighted by Crippen LogP contribution is 2.32. The first-order chi connectivity index (χ1) is 12.5. The van der Waals surface area contributed by atoms with Crippen LogP contribution < -0.4 is 11.1 Å².